The number of hydrogen-bond acceptors (Lipinski definition) is 1. The summed E-state index contributed by atoms with van der Waals surface area (Å²) in [6.07, 6.45) is 7.33. The van der Waals surface area contributed by atoms with E-state index in [1.807, 2.05) is 24.3 Å². The fourth-order valence-corrected chi connectivity index (χ4v) is 6.39. The van der Waals surface area contributed by atoms with Crippen LogP contribution in [-0.4, -0.2) is 17.3 Å². The van der Waals surface area contributed by atoms with Crippen molar-refractivity contribution in [3.63, 3.8) is 0 Å². The second kappa shape index (κ2) is 5.67. The molecule has 0 unspecified atom stereocenters. The van der Waals surface area contributed by atoms with Gasteiger partial charge in [-0.3, -0.25) is 4.79 Å². The van der Waals surface area contributed by atoms with Gasteiger partial charge in [-0.25, -0.2) is 0 Å². The molecule has 124 valence electrons. The van der Waals surface area contributed by atoms with E-state index in [0.717, 1.165) is 43.5 Å². The lowest BCUT2D eigenvalue weighted by molar-refractivity contribution is -0.144. The van der Waals surface area contributed by atoms with E-state index in [-0.39, 0.29) is 16.2 Å². The van der Waals surface area contributed by atoms with Crippen molar-refractivity contribution in [2.75, 3.05) is 6.54 Å². The molecular formula is C19H23Cl2NO. The third-order valence-corrected chi connectivity index (χ3v) is 6.78. The zero-order valence-corrected chi connectivity index (χ0v) is 14.8. The zero-order chi connectivity index (χ0) is 16.1. The molecule has 1 aromatic rings. The molecule has 0 radical (unpaired) electrons. The summed E-state index contributed by atoms with van der Waals surface area (Å²) in [5.74, 6) is 1.57. The fraction of sp³-hybridized carbons (Fsp3) is 0.632. The minimum absolute atomic E-state index is 0.0996. The SMILES string of the molecule is O=C(NCCc1ccc(Cl)cc1)C12C[C@@H]3C[C@H](CC(Cl)(C3)C1)C2. The summed E-state index contributed by atoms with van der Waals surface area (Å²) in [5, 5.41) is 3.94. The van der Waals surface area contributed by atoms with Gasteiger partial charge < -0.3 is 5.32 Å². The van der Waals surface area contributed by atoms with Crippen LogP contribution in [0.5, 0.6) is 0 Å². The van der Waals surface area contributed by atoms with Crippen LogP contribution in [0.1, 0.15) is 44.1 Å². The molecule has 5 rings (SSSR count). The van der Waals surface area contributed by atoms with Crippen molar-refractivity contribution in [1.82, 2.24) is 5.32 Å². The molecule has 0 saturated heterocycles. The largest absolute Gasteiger partial charge is 0.355 e. The monoisotopic (exact) mass is 351 g/mol. The lowest BCUT2D eigenvalue weighted by Gasteiger charge is -2.59. The number of amides is 1. The van der Waals surface area contributed by atoms with Crippen LogP contribution < -0.4 is 5.32 Å². The van der Waals surface area contributed by atoms with Gasteiger partial charge >= 0.3 is 0 Å². The highest BCUT2D eigenvalue weighted by Gasteiger charge is 2.59. The number of carbonyl (C=O) groups excluding carboxylic acids is 1. The number of rotatable bonds is 4. The Kier molecular flexibility index (Phi) is 3.89. The van der Waals surface area contributed by atoms with Gasteiger partial charge in [-0.2, -0.15) is 0 Å². The molecule has 2 atom stereocenters. The first-order valence-electron chi connectivity index (χ1n) is 8.68. The van der Waals surface area contributed by atoms with Crippen LogP contribution in [0.15, 0.2) is 24.3 Å². The molecule has 4 aliphatic carbocycles. The van der Waals surface area contributed by atoms with Crippen LogP contribution in [0.3, 0.4) is 0 Å². The second-order valence-corrected chi connectivity index (χ2v) is 9.26. The zero-order valence-electron chi connectivity index (χ0n) is 13.3. The molecular weight excluding hydrogens is 329 g/mol. The van der Waals surface area contributed by atoms with Crippen molar-refractivity contribution >= 4 is 29.1 Å². The van der Waals surface area contributed by atoms with E-state index >= 15 is 0 Å². The number of nitrogens with one attached hydrogen (secondary N) is 1. The smallest absolute Gasteiger partial charge is 0.226 e. The molecule has 0 aromatic heterocycles. The second-order valence-electron chi connectivity index (χ2n) is 8.02. The lowest BCUT2D eigenvalue weighted by Crippen LogP contribution is -2.58. The lowest BCUT2D eigenvalue weighted by atomic mass is 9.49. The van der Waals surface area contributed by atoms with Crippen molar-refractivity contribution < 1.29 is 4.79 Å². The van der Waals surface area contributed by atoms with Gasteiger partial charge in [0.2, 0.25) is 5.91 Å². The van der Waals surface area contributed by atoms with Crippen molar-refractivity contribution in [2.24, 2.45) is 17.3 Å². The molecule has 0 heterocycles. The molecule has 1 N–H and O–H groups in total. The molecule has 4 fully saturated rings. The average Bonchev–Trinajstić information content (AvgIpc) is 2.46. The summed E-state index contributed by atoms with van der Waals surface area (Å²) < 4.78 is 0. The highest BCUT2D eigenvalue weighted by molar-refractivity contribution is 6.30. The summed E-state index contributed by atoms with van der Waals surface area (Å²) >= 11 is 12.7. The Balaban J connectivity index is 1.38. The maximum Gasteiger partial charge on any atom is 0.226 e. The van der Waals surface area contributed by atoms with E-state index in [2.05, 4.69) is 5.32 Å². The predicted molar refractivity (Wildman–Crippen MR) is 93.9 cm³/mol. The summed E-state index contributed by atoms with van der Waals surface area (Å²) in [7, 11) is 0. The normalized spacial score (nSPS) is 37.8. The van der Waals surface area contributed by atoms with Crippen LogP contribution in [0, 0.1) is 17.3 Å². The minimum Gasteiger partial charge on any atom is -0.355 e. The van der Waals surface area contributed by atoms with Crippen LogP contribution in [0.25, 0.3) is 0 Å². The molecule has 4 saturated carbocycles. The maximum atomic E-state index is 12.9. The van der Waals surface area contributed by atoms with Gasteiger partial charge in [0, 0.05) is 16.4 Å². The van der Waals surface area contributed by atoms with E-state index in [9.17, 15) is 4.79 Å². The molecule has 4 bridgehead atoms. The average molecular weight is 352 g/mol. The molecule has 1 aromatic carbocycles. The Bertz CT molecular complexity index is 598. The van der Waals surface area contributed by atoms with Crippen molar-refractivity contribution in [2.45, 2.75) is 49.8 Å². The van der Waals surface area contributed by atoms with E-state index in [4.69, 9.17) is 23.2 Å². The number of benzene rings is 1. The van der Waals surface area contributed by atoms with E-state index < -0.39 is 0 Å². The minimum atomic E-state index is -0.189. The van der Waals surface area contributed by atoms with E-state index in [0.29, 0.717) is 18.4 Å². The first kappa shape index (κ1) is 15.8. The Morgan fingerprint density at radius 2 is 1.78 bits per heavy atom. The molecule has 2 nitrogen and oxygen atoms in total. The molecule has 0 aliphatic heterocycles. The molecule has 23 heavy (non-hydrogen) atoms. The van der Waals surface area contributed by atoms with Gasteiger partial charge in [0.1, 0.15) is 0 Å². The number of alkyl halides is 1. The number of carbonyl (C=O) groups is 1. The summed E-state index contributed by atoms with van der Waals surface area (Å²) in [5.41, 5.74) is 1.01. The van der Waals surface area contributed by atoms with E-state index in [1.165, 1.54) is 12.0 Å². The van der Waals surface area contributed by atoms with Crippen molar-refractivity contribution in [3.8, 4) is 0 Å². The van der Waals surface area contributed by atoms with Gasteiger partial charge in [-0.05, 0) is 74.5 Å². The Hall–Kier alpha value is -0.730. The van der Waals surface area contributed by atoms with Crippen molar-refractivity contribution in [1.29, 1.82) is 0 Å². The van der Waals surface area contributed by atoms with Crippen LogP contribution in [-0.2, 0) is 11.2 Å². The van der Waals surface area contributed by atoms with E-state index in [1.54, 1.807) is 0 Å². The molecule has 4 heteroatoms. The summed E-state index contributed by atoms with van der Waals surface area (Å²) in [4.78, 5) is 12.8. The van der Waals surface area contributed by atoms with Gasteiger partial charge in [0.05, 0.1) is 5.41 Å². The van der Waals surface area contributed by atoms with Gasteiger partial charge in [0.25, 0.3) is 0 Å². The van der Waals surface area contributed by atoms with Crippen molar-refractivity contribution in [3.05, 3.63) is 34.9 Å². The first-order valence-corrected chi connectivity index (χ1v) is 9.44. The fourth-order valence-electron chi connectivity index (χ4n) is 5.58. The Morgan fingerprint density at radius 3 is 2.39 bits per heavy atom. The van der Waals surface area contributed by atoms with Crippen LogP contribution >= 0.6 is 23.2 Å². The summed E-state index contributed by atoms with van der Waals surface area (Å²) in [6, 6.07) is 7.84. The topological polar surface area (TPSA) is 29.1 Å². The molecule has 1 amide bonds. The number of halogens is 2. The van der Waals surface area contributed by atoms with Crippen LogP contribution in [0.2, 0.25) is 5.02 Å². The highest BCUT2D eigenvalue weighted by atomic mass is 35.5. The third-order valence-electron chi connectivity index (χ3n) is 6.08. The molecule has 0 spiro atoms. The van der Waals surface area contributed by atoms with Gasteiger partial charge in [-0.15, -0.1) is 11.6 Å². The Morgan fingerprint density at radius 1 is 1.13 bits per heavy atom. The predicted octanol–water partition coefficient (Wildman–Crippen LogP) is 4.58. The third kappa shape index (κ3) is 3.00. The van der Waals surface area contributed by atoms with Gasteiger partial charge in [-0.1, -0.05) is 23.7 Å². The van der Waals surface area contributed by atoms with Gasteiger partial charge in [0.15, 0.2) is 0 Å². The quantitative estimate of drug-likeness (QED) is 0.790. The highest BCUT2D eigenvalue weighted by Crippen LogP contribution is 2.63. The number of hydrogen-bond donors (Lipinski definition) is 1. The van der Waals surface area contributed by atoms with Crippen LogP contribution in [0.4, 0.5) is 0 Å². The molecule has 4 aliphatic rings. The maximum absolute atomic E-state index is 12.9. The first-order chi connectivity index (χ1) is 11.0. The Labute approximate surface area is 147 Å². The standard InChI is InChI=1S/C19H23Cl2NO/c20-16-3-1-13(2-4-16)5-6-22-17(23)18-8-14-7-15(9-18)11-19(21,10-14)12-18/h1-4,14-15H,5-12H2,(H,22,23)/t14-,15-,18?,19?/m0/s1. The summed E-state index contributed by atoms with van der Waals surface area (Å²) in [6.45, 7) is 0.687.